The van der Waals surface area contributed by atoms with Crippen LogP contribution in [0.2, 0.25) is 5.02 Å². The Morgan fingerprint density at radius 1 is 1.06 bits per heavy atom. The van der Waals surface area contributed by atoms with Crippen LogP contribution >= 0.6 is 11.6 Å². The van der Waals surface area contributed by atoms with E-state index in [9.17, 15) is 9.18 Å². The second-order valence-corrected chi connectivity index (χ2v) is 7.50. The molecule has 1 amide bonds. The number of ether oxygens (including phenoxy) is 2. The van der Waals surface area contributed by atoms with Crippen LogP contribution in [0.3, 0.4) is 0 Å². The number of rotatable bonds is 6. The molecule has 0 saturated heterocycles. The van der Waals surface area contributed by atoms with E-state index in [1.807, 2.05) is 30.3 Å². The molecule has 4 rings (SSSR count). The molecule has 3 aromatic carbocycles. The lowest BCUT2D eigenvalue weighted by atomic mass is 10.1. The van der Waals surface area contributed by atoms with Crippen LogP contribution in [0.1, 0.15) is 18.1 Å². The zero-order valence-electron chi connectivity index (χ0n) is 17.5. The zero-order chi connectivity index (χ0) is 22.7. The molecule has 0 spiro atoms. The molecule has 0 aromatic heterocycles. The van der Waals surface area contributed by atoms with Crippen LogP contribution in [0.5, 0.6) is 11.5 Å². The molecule has 32 heavy (non-hydrogen) atoms. The van der Waals surface area contributed by atoms with E-state index in [-0.39, 0.29) is 18.1 Å². The first-order valence-corrected chi connectivity index (χ1v) is 10.3. The van der Waals surface area contributed by atoms with Crippen LogP contribution in [-0.2, 0) is 11.4 Å². The molecule has 1 heterocycles. The average molecular weight is 451 g/mol. The molecule has 0 N–H and O–H groups in total. The Morgan fingerprint density at radius 3 is 2.56 bits per heavy atom. The van der Waals surface area contributed by atoms with Crippen molar-refractivity contribution in [2.45, 2.75) is 13.5 Å². The predicted octanol–water partition coefficient (Wildman–Crippen LogP) is 5.87. The topological polar surface area (TPSA) is 51.1 Å². The van der Waals surface area contributed by atoms with Crippen molar-refractivity contribution in [1.29, 1.82) is 0 Å². The van der Waals surface area contributed by atoms with E-state index in [2.05, 4.69) is 5.10 Å². The fourth-order valence-electron chi connectivity index (χ4n) is 3.31. The van der Waals surface area contributed by atoms with Crippen molar-refractivity contribution in [2.24, 2.45) is 5.10 Å². The van der Waals surface area contributed by atoms with E-state index in [1.165, 1.54) is 18.2 Å². The number of halogens is 2. The third-order valence-corrected chi connectivity index (χ3v) is 5.35. The highest BCUT2D eigenvalue weighted by Gasteiger charge is 2.28. The first-order chi connectivity index (χ1) is 15.5. The number of para-hydroxylation sites is 1. The van der Waals surface area contributed by atoms with Gasteiger partial charge in [-0.05, 0) is 55.0 Å². The Kier molecular flexibility index (Phi) is 6.23. The quantitative estimate of drug-likeness (QED) is 0.441. The van der Waals surface area contributed by atoms with Crippen LogP contribution in [-0.4, -0.2) is 18.7 Å². The maximum absolute atomic E-state index is 14.0. The first-order valence-electron chi connectivity index (χ1n) is 9.88. The molecule has 0 radical (unpaired) electrons. The highest BCUT2D eigenvalue weighted by atomic mass is 35.5. The van der Waals surface area contributed by atoms with E-state index in [0.29, 0.717) is 33.5 Å². The van der Waals surface area contributed by atoms with Gasteiger partial charge in [-0.2, -0.15) is 10.1 Å². The molecule has 3 aromatic rings. The minimum absolute atomic E-state index is 0.0431. The molecular formula is C25H20ClFN2O3. The molecule has 7 heteroatoms. The van der Waals surface area contributed by atoms with Gasteiger partial charge in [-0.3, -0.25) is 4.79 Å². The summed E-state index contributed by atoms with van der Waals surface area (Å²) in [6.45, 7) is 1.75. The van der Waals surface area contributed by atoms with Crippen LogP contribution in [0.15, 0.2) is 77.4 Å². The minimum Gasteiger partial charge on any atom is -0.493 e. The van der Waals surface area contributed by atoms with Gasteiger partial charge < -0.3 is 9.47 Å². The van der Waals surface area contributed by atoms with Crippen molar-refractivity contribution in [3.05, 3.63) is 94.3 Å². The summed E-state index contributed by atoms with van der Waals surface area (Å²) >= 11 is 6.07. The summed E-state index contributed by atoms with van der Waals surface area (Å²) in [7, 11) is 1.51. The van der Waals surface area contributed by atoms with E-state index >= 15 is 0 Å². The Bertz CT molecular complexity index is 1200. The van der Waals surface area contributed by atoms with Crippen molar-refractivity contribution in [2.75, 3.05) is 12.1 Å². The van der Waals surface area contributed by atoms with Crippen molar-refractivity contribution in [3.8, 4) is 11.5 Å². The lowest BCUT2D eigenvalue weighted by Crippen LogP contribution is -2.21. The van der Waals surface area contributed by atoms with Gasteiger partial charge >= 0.3 is 0 Å². The number of hydrogen-bond acceptors (Lipinski definition) is 4. The van der Waals surface area contributed by atoms with Gasteiger partial charge in [-0.1, -0.05) is 41.9 Å². The number of methoxy groups -OCH3 is 1. The summed E-state index contributed by atoms with van der Waals surface area (Å²) in [4.78, 5) is 12.9. The van der Waals surface area contributed by atoms with Gasteiger partial charge in [-0.15, -0.1) is 0 Å². The van der Waals surface area contributed by atoms with Crippen molar-refractivity contribution in [1.82, 2.24) is 0 Å². The molecule has 0 fully saturated rings. The Morgan fingerprint density at radius 2 is 1.84 bits per heavy atom. The Labute approximate surface area is 190 Å². The molecule has 0 bridgehead atoms. The molecule has 0 saturated carbocycles. The summed E-state index contributed by atoms with van der Waals surface area (Å²) in [6, 6.07) is 19.0. The number of amides is 1. The normalized spacial score (nSPS) is 14.6. The third-order valence-electron chi connectivity index (χ3n) is 5.00. The SMILES string of the molecule is COc1cc(/C=C2\C(=O)N(c3ccccc3)N=C2C)ccc1OCc1c(F)cccc1Cl. The van der Waals surface area contributed by atoms with E-state index in [1.54, 1.807) is 43.3 Å². The van der Waals surface area contributed by atoms with Gasteiger partial charge in [0.25, 0.3) is 5.91 Å². The second-order valence-electron chi connectivity index (χ2n) is 7.10. The van der Waals surface area contributed by atoms with Gasteiger partial charge in [0.05, 0.1) is 29.1 Å². The second kappa shape index (κ2) is 9.24. The van der Waals surface area contributed by atoms with Crippen LogP contribution in [0, 0.1) is 5.82 Å². The van der Waals surface area contributed by atoms with E-state index in [0.717, 1.165) is 5.56 Å². The maximum atomic E-state index is 14.0. The lowest BCUT2D eigenvalue weighted by Gasteiger charge is -2.13. The number of hydrogen-bond donors (Lipinski definition) is 0. The number of benzene rings is 3. The van der Waals surface area contributed by atoms with Crippen LogP contribution < -0.4 is 14.5 Å². The summed E-state index contributed by atoms with van der Waals surface area (Å²) in [5, 5.41) is 6.06. The molecule has 0 atom stereocenters. The largest absolute Gasteiger partial charge is 0.493 e. The highest BCUT2D eigenvalue weighted by Crippen LogP contribution is 2.32. The molecule has 1 aliphatic rings. The summed E-state index contributed by atoms with van der Waals surface area (Å²) in [6.07, 6.45) is 1.75. The van der Waals surface area contributed by atoms with Crippen molar-refractivity contribution in [3.63, 3.8) is 0 Å². The highest BCUT2D eigenvalue weighted by molar-refractivity contribution is 6.32. The molecule has 162 valence electrons. The molecular weight excluding hydrogens is 431 g/mol. The Hall–Kier alpha value is -3.64. The smallest absolute Gasteiger partial charge is 0.280 e. The monoisotopic (exact) mass is 450 g/mol. The van der Waals surface area contributed by atoms with Crippen LogP contribution in [0.25, 0.3) is 6.08 Å². The van der Waals surface area contributed by atoms with Crippen molar-refractivity contribution >= 4 is 35.0 Å². The molecule has 0 unspecified atom stereocenters. The number of anilines is 1. The molecule has 0 aliphatic carbocycles. The zero-order valence-corrected chi connectivity index (χ0v) is 18.3. The van der Waals surface area contributed by atoms with Crippen molar-refractivity contribution < 1.29 is 18.7 Å². The van der Waals surface area contributed by atoms with Gasteiger partial charge in [0, 0.05) is 5.56 Å². The first kappa shape index (κ1) is 21.6. The van der Waals surface area contributed by atoms with Crippen LogP contribution in [0.4, 0.5) is 10.1 Å². The number of carbonyl (C=O) groups is 1. The van der Waals surface area contributed by atoms with E-state index < -0.39 is 5.82 Å². The fourth-order valence-corrected chi connectivity index (χ4v) is 3.53. The molecule has 5 nitrogen and oxygen atoms in total. The van der Waals surface area contributed by atoms with Gasteiger partial charge in [0.1, 0.15) is 12.4 Å². The summed E-state index contributed by atoms with van der Waals surface area (Å²) < 4.78 is 25.2. The summed E-state index contributed by atoms with van der Waals surface area (Å²) in [5.74, 6) is 0.243. The third kappa shape index (κ3) is 4.36. The fraction of sp³-hybridized carbons (Fsp3) is 0.120. The standard InChI is InChI=1S/C25H20ClFN2O3/c1-16-19(25(30)29(28-16)18-7-4-3-5-8-18)13-17-11-12-23(24(14-17)31-2)32-15-20-21(26)9-6-10-22(20)27/h3-14H,15H2,1-2H3/b19-13-. The van der Waals surface area contributed by atoms with Gasteiger partial charge in [-0.25, -0.2) is 4.39 Å². The summed E-state index contributed by atoms with van der Waals surface area (Å²) in [5.41, 5.74) is 2.82. The lowest BCUT2D eigenvalue weighted by molar-refractivity contribution is -0.114. The number of hydrazone groups is 1. The predicted molar refractivity (Wildman–Crippen MR) is 124 cm³/mol. The average Bonchev–Trinajstić information content (AvgIpc) is 3.08. The van der Waals surface area contributed by atoms with E-state index in [4.69, 9.17) is 21.1 Å². The van der Waals surface area contributed by atoms with Gasteiger partial charge in [0.15, 0.2) is 11.5 Å². The number of nitrogens with zero attached hydrogens (tertiary/aromatic N) is 2. The Balaban J connectivity index is 1.56. The van der Waals surface area contributed by atoms with Gasteiger partial charge in [0.2, 0.25) is 0 Å². The minimum atomic E-state index is -0.435. The number of carbonyl (C=O) groups excluding carboxylic acids is 1. The maximum Gasteiger partial charge on any atom is 0.280 e. The molecule has 1 aliphatic heterocycles.